The monoisotopic (exact) mass is 406 g/mol. The fourth-order valence-electron chi connectivity index (χ4n) is 2.49. The van der Waals surface area contributed by atoms with Gasteiger partial charge in [-0.05, 0) is 55.8 Å². The molecule has 0 aromatic heterocycles. The molecule has 0 radical (unpaired) electrons. The van der Waals surface area contributed by atoms with Crippen LogP contribution < -0.4 is 19.1 Å². The molecule has 0 aliphatic heterocycles. The van der Waals surface area contributed by atoms with Crippen LogP contribution in [0, 0.1) is 0 Å². The van der Waals surface area contributed by atoms with Gasteiger partial charge in [-0.2, -0.15) is 0 Å². The van der Waals surface area contributed by atoms with Crippen molar-refractivity contribution in [2.24, 2.45) is 0 Å². The number of ether oxygens (including phenoxy) is 2. The number of hydrogen-bond acceptors (Lipinski definition) is 5. The maximum atomic E-state index is 12.4. The third kappa shape index (κ3) is 5.63. The molecule has 0 aliphatic carbocycles. The number of nitrogens with zero attached hydrogens (tertiary/aromatic N) is 1. The zero-order valence-corrected chi connectivity index (χ0v) is 17.5. The fourth-order valence-corrected chi connectivity index (χ4v) is 3.00. The first-order chi connectivity index (χ1) is 13.1. The average Bonchev–Trinajstić information content (AvgIpc) is 2.67. The largest absolute Gasteiger partial charge is 0.497 e. The van der Waals surface area contributed by atoms with E-state index >= 15 is 0 Å². The SMILES string of the molecule is COc1ccc([C@@H](C)NC(=O)[C@@H](C)Oc2ccc(N(C)S(C)(=O)=O)cc2)cc1. The fraction of sp³-hybridized carbons (Fsp3) is 0.350. The van der Waals surface area contributed by atoms with Crippen LogP contribution in [-0.4, -0.2) is 40.8 Å². The molecular weight excluding hydrogens is 380 g/mol. The highest BCUT2D eigenvalue weighted by molar-refractivity contribution is 7.92. The lowest BCUT2D eigenvalue weighted by atomic mass is 10.1. The lowest BCUT2D eigenvalue weighted by Crippen LogP contribution is -2.37. The van der Waals surface area contributed by atoms with Gasteiger partial charge in [-0.1, -0.05) is 12.1 Å². The maximum absolute atomic E-state index is 12.4. The normalized spacial score (nSPS) is 13.3. The first kappa shape index (κ1) is 21.6. The van der Waals surface area contributed by atoms with E-state index < -0.39 is 16.1 Å². The molecule has 152 valence electrons. The summed E-state index contributed by atoms with van der Waals surface area (Å²) in [6.07, 6.45) is 0.424. The molecule has 2 rings (SSSR count). The zero-order valence-electron chi connectivity index (χ0n) is 16.7. The van der Waals surface area contributed by atoms with E-state index in [0.29, 0.717) is 11.4 Å². The number of nitrogens with one attached hydrogen (secondary N) is 1. The Balaban J connectivity index is 1.96. The Morgan fingerprint density at radius 3 is 2.04 bits per heavy atom. The summed E-state index contributed by atoms with van der Waals surface area (Å²) < 4.78 is 35.1. The molecule has 1 amide bonds. The molecule has 1 N–H and O–H groups in total. The van der Waals surface area contributed by atoms with Crippen molar-refractivity contribution >= 4 is 21.6 Å². The van der Waals surface area contributed by atoms with Crippen molar-refractivity contribution in [3.05, 3.63) is 54.1 Å². The van der Waals surface area contributed by atoms with Crippen LogP contribution in [0.4, 0.5) is 5.69 Å². The van der Waals surface area contributed by atoms with Crippen molar-refractivity contribution in [3.63, 3.8) is 0 Å². The zero-order chi connectivity index (χ0) is 20.9. The Morgan fingerprint density at radius 2 is 1.54 bits per heavy atom. The quantitative estimate of drug-likeness (QED) is 0.729. The van der Waals surface area contributed by atoms with Crippen LogP contribution in [0.2, 0.25) is 0 Å². The Bertz CT molecular complexity index is 895. The number of methoxy groups -OCH3 is 1. The maximum Gasteiger partial charge on any atom is 0.261 e. The number of amides is 1. The molecule has 0 bridgehead atoms. The molecule has 2 aromatic carbocycles. The van der Waals surface area contributed by atoms with Gasteiger partial charge in [0.2, 0.25) is 10.0 Å². The van der Waals surface area contributed by atoms with E-state index in [0.717, 1.165) is 17.6 Å². The Kier molecular flexibility index (Phi) is 6.90. The van der Waals surface area contributed by atoms with Crippen molar-refractivity contribution in [1.29, 1.82) is 0 Å². The Hall–Kier alpha value is -2.74. The molecule has 0 heterocycles. The summed E-state index contributed by atoms with van der Waals surface area (Å²) in [5.74, 6) is 0.981. The van der Waals surface area contributed by atoms with Crippen LogP contribution in [0.15, 0.2) is 48.5 Å². The van der Waals surface area contributed by atoms with Gasteiger partial charge in [0.15, 0.2) is 6.10 Å². The highest BCUT2D eigenvalue weighted by Crippen LogP contribution is 2.21. The van der Waals surface area contributed by atoms with E-state index in [1.54, 1.807) is 38.3 Å². The van der Waals surface area contributed by atoms with Gasteiger partial charge in [0.05, 0.1) is 25.1 Å². The lowest BCUT2D eigenvalue weighted by Gasteiger charge is -2.20. The number of anilines is 1. The van der Waals surface area contributed by atoms with Gasteiger partial charge in [-0.15, -0.1) is 0 Å². The molecule has 0 saturated heterocycles. The third-order valence-corrected chi connectivity index (χ3v) is 5.56. The van der Waals surface area contributed by atoms with Crippen LogP contribution in [0.25, 0.3) is 0 Å². The molecular formula is C20H26N2O5S. The molecule has 7 nitrogen and oxygen atoms in total. The van der Waals surface area contributed by atoms with E-state index in [2.05, 4.69) is 5.32 Å². The van der Waals surface area contributed by atoms with Gasteiger partial charge < -0.3 is 14.8 Å². The van der Waals surface area contributed by atoms with Gasteiger partial charge in [0.1, 0.15) is 11.5 Å². The van der Waals surface area contributed by atoms with E-state index in [1.807, 2.05) is 31.2 Å². The number of carbonyl (C=O) groups is 1. The van der Waals surface area contributed by atoms with Gasteiger partial charge in [-0.3, -0.25) is 9.10 Å². The van der Waals surface area contributed by atoms with Crippen molar-refractivity contribution in [1.82, 2.24) is 5.32 Å². The van der Waals surface area contributed by atoms with Crippen LogP contribution in [-0.2, 0) is 14.8 Å². The van der Waals surface area contributed by atoms with Crippen molar-refractivity contribution in [2.75, 3.05) is 24.7 Å². The Morgan fingerprint density at radius 1 is 1.00 bits per heavy atom. The smallest absolute Gasteiger partial charge is 0.261 e. The van der Waals surface area contributed by atoms with E-state index in [-0.39, 0.29) is 11.9 Å². The van der Waals surface area contributed by atoms with Gasteiger partial charge >= 0.3 is 0 Å². The minimum Gasteiger partial charge on any atom is -0.497 e. The lowest BCUT2D eigenvalue weighted by molar-refractivity contribution is -0.127. The molecule has 2 atom stereocenters. The summed E-state index contributed by atoms with van der Waals surface area (Å²) >= 11 is 0. The second-order valence-corrected chi connectivity index (χ2v) is 8.50. The summed E-state index contributed by atoms with van der Waals surface area (Å²) in [6.45, 7) is 3.55. The summed E-state index contributed by atoms with van der Waals surface area (Å²) in [5.41, 5.74) is 1.47. The summed E-state index contributed by atoms with van der Waals surface area (Å²) in [5, 5.41) is 2.91. The highest BCUT2D eigenvalue weighted by Gasteiger charge is 2.18. The highest BCUT2D eigenvalue weighted by atomic mass is 32.2. The number of benzene rings is 2. The van der Waals surface area contributed by atoms with Gasteiger partial charge in [0.25, 0.3) is 5.91 Å². The first-order valence-corrected chi connectivity index (χ1v) is 10.6. The minimum absolute atomic E-state index is 0.185. The van der Waals surface area contributed by atoms with Crippen molar-refractivity contribution in [3.8, 4) is 11.5 Å². The van der Waals surface area contributed by atoms with E-state index in [4.69, 9.17) is 9.47 Å². The number of carbonyl (C=O) groups excluding carboxylic acids is 1. The average molecular weight is 407 g/mol. The molecule has 2 aromatic rings. The molecule has 0 aliphatic rings. The molecule has 0 spiro atoms. The van der Waals surface area contributed by atoms with Gasteiger partial charge in [-0.25, -0.2) is 8.42 Å². The molecule has 0 unspecified atom stereocenters. The van der Waals surface area contributed by atoms with Crippen LogP contribution in [0.5, 0.6) is 11.5 Å². The van der Waals surface area contributed by atoms with Crippen molar-refractivity contribution < 1.29 is 22.7 Å². The number of sulfonamides is 1. The minimum atomic E-state index is -3.33. The number of hydrogen-bond donors (Lipinski definition) is 1. The van der Waals surface area contributed by atoms with E-state index in [9.17, 15) is 13.2 Å². The third-order valence-electron chi connectivity index (χ3n) is 4.35. The second-order valence-electron chi connectivity index (χ2n) is 6.49. The van der Waals surface area contributed by atoms with E-state index in [1.165, 1.54) is 11.4 Å². The predicted octanol–water partition coefficient (Wildman–Crippen LogP) is 2.74. The topological polar surface area (TPSA) is 84.9 Å². The second kappa shape index (κ2) is 8.97. The number of rotatable bonds is 8. The van der Waals surface area contributed by atoms with Crippen LogP contribution in [0.3, 0.4) is 0 Å². The van der Waals surface area contributed by atoms with Crippen LogP contribution >= 0.6 is 0 Å². The standard InChI is InChI=1S/C20H26N2O5S/c1-14(16-6-10-18(26-4)11-7-16)21-20(23)15(2)27-19-12-8-17(9-13-19)22(3)28(5,24)25/h6-15H,1-5H3,(H,21,23)/t14-,15-/m1/s1. The summed E-state index contributed by atoms with van der Waals surface area (Å²) in [7, 11) is -0.253. The summed E-state index contributed by atoms with van der Waals surface area (Å²) in [6, 6.07) is 13.8. The Labute approximate surface area is 166 Å². The van der Waals surface area contributed by atoms with Gasteiger partial charge in [0, 0.05) is 7.05 Å². The predicted molar refractivity (Wildman–Crippen MR) is 109 cm³/mol. The molecule has 0 fully saturated rings. The molecule has 28 heavy (non-hydrogen) atoms. The van der Waals surface area contributed by atoms with Crippen molar-refractivity contribution in [2.45, 2.75) is 26.0 Å². The van der Waals surface area contributed by atoms with Crippen LogP contribution in [0.1, 0.15) is 25.5 Å². The summed E-state index contributed by atoms with van der Waals surface area (Å²) in [4.78, 5) is 12.4. The molecule has 8 heteroatoms. The molecule has 0 saturated carbocycles. The first-order valence-electron chi connectivity index (χ1n) is 8.76.